The molecule has 31 heavy (non-hydrogen) atoms. The summed E-state index contributed by atoms with van der Waals surface area (Å²) in [5.41, 5.74) is 4.88. The Morgan fingerprint density at radius 2 is 1.68 bits per heavy atom. The highest BCUT2D eigenvalue weighted by atomic mass is 35.5. The number of benzene rings is 2. The average molecular weight is 453 g/mol. The second kappa shape index (κ2) is 10.8. The van der Waals surface area contributed by atoms with Crippen LogP contribution < -0.4 is 16.0 Å². The zero-order chi connectivity index (χ0) is 22.2. The van der Waals surface area contributed by atoms with E-state index in [9.17, 15) is 0 Å². The van der Waals surface area contributed by atoms with Gasteiger partial charge in [-0.1, -0.05) is 48.9 Å². The van der Waals surface area contributed by atoms with Crippen LogP contribution in [0.2, 0.25) is 5.02 Å². The molecular weight excluding hydrogens is 428 g/mol. The Morgan fingerprint density at radius 3 is 2.35 bits per heavy atom. The number of halogens is 1. The maximum Gasteiger partial charge on any atom is 0.229 e. The summed E-state index contributed by atoms with van der Waals surface area (Å²) in [7, 11) is 0. The molecule has 0 atom stereocenters. The van der Waals surface area contributed by atoms with Gasteiger partial charge in [-0.3, -0.25) is 5.32 Å². The zero-order valence-corrected chi connectivity index (χ0v) is 19.3. The van der Waals surface area contributed by atoms with Crippen molar-refractivity contribution in [1.82, 2.24) is 15.3 Å². The van der Waals surface area contributed by atoms with Gasteiger partial charge in [0.1, 0.15) is 0 Å². The van der Waals surface area contributed by atoms with E-state index in [-0.39, 0.29) is 0 Å². The Kier molecular flexibility index (Phi) is 7.92. The van der Waals surface area contributed by atoms with Crippen LogP contribution in [0.25, 0.3) is 0 Å². The third-order valence-corrected chi connectivity index (χ3v) is 4.88. The van der Waals surface area contributed by atoms with Crippen LogP contribution in [0, 0.1) is 13.8 Å². The molecule has 3 N–H and O–H groups in total. The van der Waals surface area contributed by atoms with Crippen LogP contribution in [0.1, 0.15) is 29.4 Å². The molecule has 0 aliphatic carbocycles. The quantitative estimate of drug-likeness (QED) is 0.278. The van der Waals surface area contributed by atoms with E-state index < -0.39 is 0 Å². The molecule has 0 saturated carbocycles. The normalized spacial score (nSPS) is 11.2. The SMILES string of the molecule is CCc1ccccc1NC(=S)NC(=NCc1ccc(Cl)cc1)Nc1nc(C)cc(C)n1. The molecule has 0 fully saturated rings. The maximum absolute atomic E-state index is 5.98. The Hall–Kier alpha value is -3.03. The number of aryl methyl sites for hydroxylation is 3. The van der Waals surface area contributed by atoms with Crippen LogP contribution in [-0.2, 0) is 13.0 Å². The minimum absolute atomic E-state index is 0.424. The van der Waals surface area contributed by atoms with Crippen LogP contribution in [0.5, 0.6) is 0 Å². The van der Waals surface area contributed by atoms with E-state index in [1.807, 2.05) is 62.4 Å². The summed E-state index contributed by atoms with van der Waals surface area (Å²) in [4.78, 5) is 13.5. The Balaban J connectivity index is 1.79. The fourth-order valence-electron chi connectivity index (χ4n) is 2.97. The number of nitrogens with one attached hydrogen (secondary N) is 3. The molecule has 0 bridgehead atoms. The summed E-state index contributed by atoms with van der Waals surface area (Å²) in [6.45, 7) is 6.39. The van der Waals surface area contributed by atoms with Crippen molar-refractivity contribution < 1.29 is 0 Å². The Labute approximate surface area is 193 Å². The molecule has 0 aliphatic rings. The smallest absolute Gasteiger partial charge is 0.229 e. The van der Waals surface area contributed by atoms with Crippen LogP contribution in [-0.4, -0.2) is 21.0 Å². The third-order valence-electron chi connectivity index (χ3n) is 4.42. The number of aliphatic imine (C=N–C) groups is 1. The lowest BCUT2D eigenvalue weighted by atomic mass is 10.1. The van der Waals surface area contributed by atoms with Gasteiger partial charge in [-0.05, 0) is 67.9 Å². The lowest BCUT2D eigenvalue weighted by Crippen LogP contribution is -2.39. The van der Waals surface area contributed by atoms with Gasteiger partial charge in [0, 0.05) is 22.1 Å². The first-order valence-electron chi connectivity index (χ1n) is 9.97. The first kappa shape index (κ1) is 22.7. The summed E-state index contributed by atoms with van der Waals surface area (Å²) in [5, 5.41) is 10.6. The fraction of sp³-hybridized carbons (Fsp3) is 0.217. The molecular formula is C23H25ClN6S. The fourth-order valence-corrected chi connectivity index (χ4v) is 3.30. The highest BCUT2D eigenvalue weighted by Crippen LogP contribution is 2.15. The third kappa shape index (κ3) is 7.01. The average Bonchev–Trinajstić information content (AvgIpc) is 2.73. The van der Waals surface area contributed by atoms with Crippen molar-refractivity contribution in [1.29, 1.82) is 0 Å². The molecule has 0 saturated heterocycles. The summed E-state index contributed by atoms with van der Waals surface area (Å²) in [6, 6.07) is 17.5. The van der Waals surface area contributed by atoms with Gasteiger partial charge in [-0.25, -0.2) is 15.0 Å². The van der Waals surface area contributed by atoms with E-state index >= 15 is 0 Å². The van der Waals surface area contributed by atoms with Crippen molar-refractivity contribution in [3.05, 3.63) is 82.1 Å². The minimum atomic E-state index is 0.424. The molecule has 160 valence electrons. The van der Waals surface area contributed by atoms with E-state index in [1.165, 1.54) is 5.56 Å². The first-order chi connectivity index (χ1) is 14.9. The monoisotopic (exact) mass is 452 g/mol. The number of hydrogen-bond acceptors (Lipinski definition) is 4. The number of thiocarbonyl (C=S) groups is 1. The maximum atomic E-state index is 5.98. The molecule has 0 aliphatic heterocycles. The molecule has 6 nitrogen and oxygen atoms in total. The molecule has 3 rings (SSSR count). The predicted molar refractivity (Wildman–Crippen MR) is 133 cm³/mol. The zero-order valence-electron chi connectivity index (χ0n) is 17.7. The van der Waals surface area contributed by atoms with Crippen molar-refractivity contribution in [3.8, 4) is 0 Å². The first-order valence-corrected chi connectivity index (χ1v) is 10.8. The highest BCUT2D eigenvalue weighted by Gasteiger charge is 2.09. The van der Waals surface area contributed by atoms with Gasteiger partial charge in [-0.15, -0.1) is 0 Å². The number of guanidine groups is 1. The second-order valence-corrected chi connectivity index (χ2v) is 7.83. The van der Waals surface area contributed by atoms with E-state index in [4.69, 9.17) is 23.8 Å². The lowest BCUT2D eigenvalue weighted by Gasteiger charge is -2.16. The van der Waals surface area contributed by atoms with E-state index in [2.05, 4.69) is 43.9 Å². The predicted octanol–water partition coefficient (Wildman–Crippen LogP) is 5.26. The topological polar surface area (TPSA) is 74.2 Å². The van der Waals surface area contributed by atoms with Crippen molar-refractivity contribution in [2.24, 2.45) is 4.99 Å². The van der Waals surface area contributed by atoms with Gasteiger partial charge in [0.05, 0.1) is 6.54 Å². The van der Waals surface area contributed by atoms with Crippen molar-refractivity contribution >= 4 is 46.5 Å². The highest BCUT2D eigenvalue weighted by molar-refractivity contribution is 7.80. The van der Waals surface area contributed by atoms with Gasteiger partial charge >= 0.3 is 0 Å². The van der Waals surface area contributed by atoms with E-state index in [0.717, 1.165) is 29.1 Å². The minimum Gasteiger partial charge on any atom is -0.332 e. The Morgan fingerprint density at radius 1 is 1.00 bits per heavy atom. The molecule has 3 aromatic rings. The number of aromatic nitrogens is 2. The van der Waals surface area contributed by atoms with Crippen molar-refractivity contribution in [2.75, 3.05) is 10.6 Å². The van der Waals surface area contributed by atoms with E-state index in [1.54, 1.807) is 0 Å². The second-order valence-electron chi connectivity index (χ2n) is 6.98. The van der Waals surface area contributed by atoms with Crippen LogP contribution in [0.3, 0.4) is 0 Å². The van der Waals surface area contributed by atoms with E-state index in [0.29, 0.717) is 28.6 Å². The summed E-state index contributed by atoms with van der Waals surface area (Å²) >= 11 is 11.5. The van der Waals surface area contributed by atoms with Crippen LogP contribution >= 0.6 is 23.8 Å². The number of para-hydroxylation sites is 1. The molecule has 1 heterocycles. The molecule has 8 heteroatoms. The molecule has 2 aromatic carbocycles. The lowest BCUT2D eigenvalue weighted by molar-refractivity contribution is 1.03. The van der Waals surface area contributed by atoms with Crippen molar-refractivity contribution in [2.45, 2.75) is 33.7 Å². The summed E-state index contributed by atoms with van der Waals surface area (Å²) < 4.78 is 0. The molecule has 0 unspecified atom stereocenters. The number of rotatable bonds is 5. The number of nitrogens with zero attached hydrogens (tertiary/aromatic N) is 3. The van der Waals surface area contributed by atoms with Gasteiger partial charge < -0.3 is 10.6 Å². The summed E-state index contributed by atoms with van der Waals surface area (Å²) in [5.74, 6) is 0.906. The number of anilines is 2. The van der Waals surface area contributed by atoms with Gasteiger partial charge in [0.2, 0.25) is 11.9 Å². The standard InChI is InChI=1S/C23H25ClN6S/c1-4-18-7-5-6-8-20(18)28-23(31)30-21(25-14-17-9-11-19(24)12-10-17)29-22-26-15(2)13-16(3)27-22/h5-13H,4,14H2,1-3H3,(H3,25,26,27,28,29,30,31). The Bertz CT molecular complexity index is 1060. The van der Waals surface area contributed by atoms with Gasteiger partial charge in [-0.2, -0.15) is 0 Å². The van der Waals surface area contributed by atoms with Crippen molar-refractivity contribution in [3.63, 3.8) is 0 Å². The molecule has 0 spiro atoms. The summed E-state index contributed by atoms with van der Waals surface area (Å²) in [6.07, 6.45) is 0.901. The van der Waals surface area contributed by atoms with Gasteiger partial charge in [0.25, 0.3) is 0 Å². The van der Waals surface area contributed by atoms with Crippen LogP contribution in [0.15, 0.2) is 59.6 Å². The molecule has 0 amide bonds. The largest absolute Gasteiger partial charge is 0.332 e. The molecule has 0 radical (unpaired) electrons. The number of hydrogen-bond donors (Lipinski definition) is 3. The van der Waals surface area contributed by atoms with Crippen LogP contribution in [0.4, 0.5) is 11.6 Å². The molecule has 1 aromatic heterocycles. The van der Waals surface area contributed by atoms with Gasteiger partial charge in [0.15, 0.2) is 5.11 Å².